The van der Waals surface area contributed by atoms with Crippen LogP contribution in [-0.4, -0.2) is 5.91 Å². The number of carbonyl (C=O) groups excluding carboxylic acids is 1. The van der Waals surface area contributed by atoms with Crippen LogP contribution in [0.25, 0.3) is 0 Å². The van der Waals surface area contributed by atoms with Crippen LogP contribution in [0, 0.1) is 6.92 Å². The number of carbonyl (C=O) groups is 1. The van der Waals surface area contributed by atoms with Crippen molar-refractivity contribution in [3.63, 3.8) is 0 Å². The van der Waals surface area contributed by atoms with E-state index in [1.165, 1.54) is 11.1 Å². The zero-order valence-electron chi connectivity index (χ0n) is 12.3. The van der Waals surface area contributed by atoms with E-state index in [1.54, 1.807) is 0 Å². The summed E-state index contributed by atoms with van der Waals surface area (Å²) in [7, 11) is 0. The Balaban J connectivity index is 2.00. The van der Waals surface area contributed by atoms with E-state index < -0.39 is 0 Å². The molecule has 0 saturated carbocycles. The molecule has 2 aromatic carbocycles. The van der Waals surface area contributed by atoms with Gasteiger partial charge in [0, 0.05) is 12.1 Å². The van der Waals surface area contributed by atoms with E-state index in [9.17, 15) is 4.79 Å². The summed E-state index contributed by atoms with van der Waals surface area (Å²) in [6.07, 6.45) is 0. The third kappa shape index (κ3) is 3.47. The van der Waals surface area contributed by atoms with Gasteiger partial charge >= 0.3 is 0 Å². The van der Waals surface area contributed by atoms with Gasteiger partial charge in [-0.2, -0.15) is 0 Å². The molecule has 0 atom stereocenters. The predicted octanol–water partition coefficient (Wildman–Crippen LogP) is 4.05. The molecule has 0 aliphatic heterocycles. The van der Waals surface area contributed by atoms with Crippen LogP contribution < -0.4 is 5.32 Å². The highest BCUT2D eigenvalue weighted by atomic mass is 16.1. The number of hydrogen-bond donors (Lipinski definition) is 1. The van der Waals surface area contributed by atoms with Crippen LogP contribution in [0.3, 0.4) is 0 Å². The Morgan fingerprint density at radius 1 is 1.05 bits per heavy atom. The van der Waals surface area contributed by atoms with Crippen LogP contribution in [0.2, 0.25) is 0 Å². The minimum atomic E-state index is -0.0245. The van der Waals surface area contributed by atoms with Crippen LogP contribution >= 0.6 is 0 Å². The molecule has 0 aliphatic rings. The fourth-order valence-electron chi connectivity index (χ4n) is 2.11. The number of hydrogen-bond acceptors (Lipinski definition) is 1. The number of rotatable bonds is 4. The summed E-state index contributed by atoms with van der Waals surface area (Å²) in [5, 5.41) is 2.97. The van der Waals surface area contributed by atoms with Crippen LogP contribution in [0.4, 0.5) is 0 Å². The maximum Gasteiger partial charge on any atom is 0.251 e. The molecule has 0 radical (unpaired) electrons. The molecule has 1 N–H and O–H groups in total. The Bertz CT molecular complexity index is 585. The molecule has 2 heteroatoms. The highest BCUT2D eigenvalue weighted by Crippen LogP contribution is 2.14. The number of aryl methyl sites for hydroxylation is 1. The molecule has 0 saturated heterocycles. The van der Waals surface area contributed by atoms with Crippen molar-refractivity contribution in [3.05, 3.63) is 70.8 Å². The molecule has 104 valence electrons. The third-order valence-corrected chi connectivity index (χ3v) is 3.54. The van der Waals surface area contributed by atoms with Crippen molar-refractivity contribution >= 4 is 5.91 Å². The van der Waals surface area contributed by atoms with Gasteiger partial charge in [0.25, 0.3) is 5.91 Å². The first-order valence-electron chi connectivity index (χ1n) is 7.00. The second-order valence-electron chi connectivity index (χ2n) is 5.39. The van der Waals surface area contributed by atoms with Crippen molar-refractivity contribution in [2.24, 2.45) is 0 Å². The van der Waals surface area contributed by atoms with Gasteiger partial charge in [-0.25, -0.2) is 0 Å². The molecule has 1 amide bonds. The van der Waals surface area contributed by atoms with Gasteiger partial charge in [0.15, 0.2) is 0 Å². The summed E-state index contributed by atoms with van der Waals surface area (Å²) in [5.41, 5.74) is 4.31. The normalized spacial score (nSPS) is 10.6. The van der Waals surface area contributed by atoms with Gasteiger partial charge in [0.1, 0.15) is 0 Å². The fourth-order valence-corrected chi connectivity index (χ4v) is 2.11. The summed E-state index contributed by atoms with van der Waals surface area (Å²) >= 11 is 0. The quantitative estimate of drug-likeness (QED) is 0.889. The Hall–Kier alpha value is -2.09. The Morgan fingerprint density at radius 2 is 1.70 bits per heavy atom. The fraction of sp³-hybridized carbons (Fsp3) is 0.278. The van der Waals surface area contributed by atoms with Crippen molar-refractivity contribution in [3.8, 4) is 0 Å². The van der Waals surface area contributed by atoms with Gasteiger partial charge in [-0.3, -0.25) is 4.79 Å². The summed E-state index contributed by atoms with van der Waals surface area (Å²) in [5.74, 6) is 0.461. The first-order valence-corrected chi connectivity index (χ1v) is 7.00. The van der Waals surface area contributed by atoms with Crippen LogP contribution in [0.5, 0.6) is 0 Å². The summed E-state index contributed by atoms with van der Waals surface area (Å²) in [4.78, 5) is 12.1. The first-order chi connectivity index (χ1) is 9.58. The number of nitrogens with one attached hydrogen (secondary N) is 1. The molecule has 20 heavy (non-hydrogen) atoms. The lowest BCUT2D eigenvalue weighted by Gasteiger charge is -2.09. The Labute approximate surface area is 120 Å². The zero-order chi connectivity index (χ0) is 14.5. The van der Waals surface area contributed by atoms with Crippen molar-refractivity contribution in [2.45, 2.75) is 33.2 Å². The molecule has 0 fully saturated rings. The third-order valence-electron chi connectivity index (χ3n) is 3.54. The molecule has 0 aliphatic carbocycles. The van der Waals surface area contributed by atoms with Gasteiger partial charge in [0.05, 0.1) is 0 Å². The molecule has 0 spiro atoms. The summed E-state index contributed by atoms with van der Waals surface area (Å²) in [6, 6.07) is 15.9. The van der Waals surface area contributed by atoms with E-state index in [0.717, 1.165) is 5.56 Å². The van der Waals surface area contributed by atoms with E-state index in [1.807, 2.05) is 42.5 Å². The Kier molecular flexibility index (Phi) is 4.57. The molecule has 2 aromatic rings. The molecule has 0 bridgehead atoms. The van der Waals surface area contributed by atoms with E-state index in [2.05, 4.69) is 32.2 Å². The van der Waals surface area contributed by atoms with Gasteiger partial charge in [0.2, 0.25) is 0 Å². The summed E-state index contributed by atoms with van der Waals surface area (Å²) < 4.78 is 0. The highest BCUT2D eigenvalue weighted by Gasteiger charge is 2.07. The minimum absolute atomic E-state index is 0.0245. The average molecular weight is 267 g/mol. The lowest BCUT2D eigenvalue weighted by molar-refractivity contribution is 0.0951. The van der Waals surface area contributed by atoms with Crippen LogP contribution in [0.15, 0.2) is 48.5 Å². The van der Waals surface area contributed by atoms with Crippen LogP contribution in [-0.2, 0) is 6.54 Å². The van der Waals surface area contributed by atoms with E-state index >= 15 is 0 Å². The summed E-state index contributed by atoms with van der Waals surface area (Å²) in [6.45, 7) is 6.91. The topological polar surface area (TPSA) is 29.1 Å². The zero-order valence-corrected chi connectivity index (χ0v) is 12.3. The molecular weight excluding hydrogens is 246 g/mol. The smallest absolute Gasteiger partial charge is 0.251 e. The molecular formula is C18H21NO. The second-order valence-corrected chi connectivity index (χ2v) is 5.39. The second kappa shape index (κ2) is 6.38. The van der Waals surface area contributed by atoms with E-state index in [4.69, 9.17) is 0 Å². The highest BCUT2D eigenvalue weighted by molar-refractivity contribution is 5.94. The number of benzene rings is 2. The monoisotopic (exact) mass is 267 g/mol. The predicted molar refractivity (Wildman–Crippen MR) is 82.9 cm³/mol. The maximum atomic E-state index is 12.1. The first kappa shape index (κ1) is 14.3. The van der Waals surface area contributed by atoms with Crippen molar-refractivity contribution in [1.29, 1.82) is 0 Å². The largest absolute Gasteiger partial charge is 0.348 e. The lowest BCUT2D eigenvalue weighted by atomic mass is 10.0. The molecule has 2 nitrogen and oxygen atoms in total. The Morgan fingerprint density at radius 3 is 2.30 bits per heavy atom. The maximum absolute atomic E-state index is 12.1. The van der Waals surface area contributed by atoms with E-state index in [-0.39, 0.29) is 5.91 Å². The van der Waals surface area contributed by atoms with Gasteiger partial charge in [-0.15, -0.1) is 0 Å². The van der Waals surface area contributed by atoms with Crippen LogP contribution in [0.1, 0.15) is 46.8 Å². The minimum Gasteiger partial charge on any atom is -0.348 e. The standard InChI is InChI=1S/C18H21NO/c1-13(2)15-8-10-16(11-9-15)18(20)19-12-17-7-5-4-6-14(17)3/h4-11,13H,12H2,1-3H3,(H,19,20). The average Bonchev–Trinajstić information content (AvgIpc) is 2.46. The van der Waals surface area contributed by atoms with Crippen molar-refractivity contribution in [1.82, 2.24) is 5.32 Å². The van der Waals surface area contributed by atoms with Gasteiger partial charge in [-0.05, 0) is 41.7 Å². The van der Waals surface area contributed by atoms with Gasteiger partial charge < -0.3 is 5.32 Å². The lowest BCUT2D eigenvalue weighted by Crippen LogP contribution is -2.23. The van der Waals surface area contributed by atoms with Crippen molar-refractivity contribution < 1.29 is 4.79 Å². The SMILES string of the molecule is Cc1ccccc1CNC(=O)c1ccc(C(C)C)cc1. The molecule has 2 rings (SSSR count). The number of amides is 1. The van der Waals surface area contributed by atoms with E-state index in [0.29, 0.717) is 18.0 Å². The van der Waals surface area contributed by atoms with Crippen molar-refractivity contribution in [2.75, 3.05) is 0 Å². The molecule has 0 unspecified atom stereocenters. The van der Waals surface area contributed by atoms with Gasteiger partial charge in [-0.1, -0.05) is 50.2 Å². The molecule has 0 aromatic heterocycles. The molecule has 0 heterocycles.